The molecule has 0 aliphatic rings. The number of carbonyl (C=O) groups is 1. The number of halogens is 4. The summed E-state index contributed by atoms with van der Waals surface area (Å²) in [5.74, 6) is -6.60. The van der Waals surface area contributed by atoms with Gasteiger partial charge >= 0.3 is 11.9 Å². The van der Waals surface area contributed by atoms with Gasteiger partial charge < -0.3 is 15.2 Å². The van der Waals surface area contributed by atoms with E-state index in [1.54, 1.807) is 0 Å². The van der Waals surface area contributed by atoms with E-state index in [-0.39, 0.29) is 24.8 Å². The highest BCUT2D eigenvalue weighted by Gasteiger charge is 2.48. The van der Waals surface area contributed by atoms with Gasteiger partial charge in [0.2, 0.25) is 0 Å². The zero-order valence-electron chi connectivity index (χ0n) is 10.9. The SMILES string of the molecule is CCOC(=O)C(F)(F)[C@H](N)c1ccc(OC)cc1F.Cl. The van der Waals surface area contributed by atoms with E-state index in [0.717, 1.165) is 12.1 Å². The lowest BCUT2D eigenvalue weighted by Crippen LogP contribution is -2.42. The van der Waals surface area contributed by atoms with Crippen molar-refractivity contribution in [1.29, 1.82) is 0 Å². The van der Waals surface area contributed by atoms with Gasteiger partial charge in [0.05, 0.1) is 13.7 Å². The van der Waals surface area contributed by atoms with Crippen molar-refractivity contribution in [2.45, 2.75) is 18.9 Å². The van der Waals surface area contributed by atoms with Crippen molar-refractivity contribution in [2.24, 2.45) is 5.73 Å². The molecule has 0 unspecified atom stereocenters. The highest BCUT2D eigenvalue weighted by Crippen LogP contribution is 2.33. The first-order valence-corrected chi connectivity index (χ1v) is 5.48. The van der Waals surface area contributed by atoms with Crippen LogP contribution in [0.1, 0.15) is 18.5 Å². The van der Waals surface area contributed by atoms with Crippen LogP contribution in [0, 0.1) is 5.82 Å². The number of hydrogen-bond acceptors (Lipinski definition) is 4. The Morgan fingerprint density at radius 1 is 1.45 bits per heavy atom. The zero-order chi connectivity index (χ0) is 14.6. The standard InChI is InChI=1S/C12H14F3NO3.ClH/c1-3-19-11(17)12(14,15)10(16)8-5-4-7(18-2)6-9(8)13;/h4-6,10H,3,16H2,1-2H3;1H/t10-;/m1./s1. The molecule has 0 saturated heterocycles. The Balaban J connectivity index is 0.00000361. The molecule has 0 amide bonds. The van der Waals surface area contributed by atoms with Crippen LogP contribution in [0.25, 0.3) is 0 Å². The van der Waals surface area contributed by atoms with Crippen LogP contribution in [0.4, 0.5) is 13.2 Å². The van der Waals surface area contributed by atoms with Gasteiger partial charge in [-0.25, -0.2) is 9.18 Å². The number of methoxy groups -OCH3 is 1. The van der Waals surface area contributed by atoms with Crippen LogP contribution >= 0.6 is 12.4 Å². The molecule has 114 valence electrons. The summed E-state index contributed by atoms with van der Waals surface area (Å²) in [6.07, 6.45) is 0. The van der Waals surface area contributed by atoms with Crippen LogP contribution in [-0.2, 0) is 9.53 Å². The van der Waals surface area contributed by atoms with Crippen LogP contribution in [0.15, 0.2) is 18.2 Å². The first kappa shape index (κ1) is 18.5. The summed E-state index contributed by atoms with van der Waals surface area (Å²) in [6, 6.07) is 1.11. The molecule has 0 aromatic heterocycles. The molecule has 4 nitrogen and oxygen atoms in total. The molecule has 0 bridgehead atoms. The lowest BCUT2D eigenvalue weighted by atomic mass is 10.0. The third-order valence-electron chi connectivity index (χ3n) is 2.48. The topological polar surface area (TPSA) is 61.5 Å². The number of rotatable bonds is 5. The summed E-state index contributed by atoms with van der Waals surface area (Å²) in [7, 11) is 1.31. The molecule has 0 spiro atoms. The fourth-order valence-corrected chi connectivity index (χ4v) is 1.44. The number of carbonyl (C=O) groups excluding carboxylic acids is 1. The molecule has 0 fully saturated rings. The van der Waals surface area contributed by atoms with Crippen LogP contribution in [-0.4, -0.2) is 25.6 Å². The van der Waals surface area contributed by atoms with Gasteiger partial charge in [0.25, 0.3) is 0 Å². The number of benzene rings is 1. The van der Waals surface area contributed by atoms with Gasteiger partial charge in [-0.05, 0) is 13.0 Å². The summed E-state index contributed by atoms with van der Waals surface area (Å²) in [4.78, 5) is 11.1. The molecule has 2 N–H and O–H groups in total. The fourth-order valence-electron chi connectivity index (χ4n) is 1.44. The summed E-state index contributed by atoms with van der Waals surface area (Å²) >= 11 is 0. The summed E-state index contributed by atoms with van der Waals surface area (Å²) in [6.45, 7) is 1.17. The van der Waals surface area contributed by atoms with Crippen molar-refractivity contribution in [2.75, 3.05) is 13.7 Å². The van der Waals surface area contributed by atoms with Crippen molar-refractivity contribution >= 4 is 18.4 Å². The predicted molar refractivity (Wildman–Crippen MR) is 68.7 cm³/mol. The number of ether oxygens (including phenoxy) is 2. The molecule has 0 saturated carbocycles. The van der Waals surface area contributed by atoms with Crippen molar-refractivity contribution in [3.05, 3.63) is 29.6 Å². The van der Waals surface area contributed by atoms with Gasteiger partial charge in [0.1, 0.15) is 17.6 Å². The Hall–Kier alpha value is -1.47. The van der Waals surface area contributed by atoms with E-state index < -0.39 is 29.3 Å². The average molecular weight is 314 g/mol. The Morgan fingerprint density at radius 2 is 2.05 bits per heavy atom. The quantitative estimate of drug-likeness (QED) is 0.848. The highest BCUT2D eigenvalue weighted by molar-refractivity contribution is 5.85. The maximum atomic E-state index is 13.6. The van der Waals surface area contributed by atoms with Gasteiger partial charge in [-0.15, -0.1) is 12.4 Å². The molecule has 8 heteroatoms. The van der Waals surface area contributed by atoms with Crippen LogP contribution in [0.5, 0.6) is 5.75 Å². The van der Waals surface area contributed by atoms with E-state index in [2.05, 4.69) is 4.74 Å². The maximum Gasteiger partial charge on any atom is 0.379 e. The first-order valence-electron chi connectivity index (χ1n) is 5.48. The number of alkyl halides is 2. The minimum atomic E-state index is -4.01. The molecular weight excluding hydrogens is 299 g/mol. The van der Waals surface area contributed by atoms with Crippen LogP contribution in [0.2, 0.25) is 0 Å². The molecule has 20 heavy (non-hydrogen) atoms. The predicted octanol–water partition coefficient (Wildman–Crippen LogP) is 2.45. The third-order valence-corrected chi connectivity index (χ3v) is 2.48. The van der Waals surface area contributed by atoms with E-state index in [1.165, 1.54) is 20.1 Å². The lowest BCUT2D eigenvalue weighted by molar-refractivity contribution is -0.174. The number of hydrogen-bond donors (Lipinski definition) is 1. The molecule has 0 radical (unpaired) electrons. The summed E-state index contributed by atoms with van der Waals surface area (Å²) in [5, 5.41) is 0. The molecule has 1 aromatic rings. The van der Waals surface area contributed by atoms with Gasteiger partial charge in [0.15, 0.2) is 0 Å². The molecule has 0 aliphatic carbocycles. The normalized spacial score (nSPS) is 12.3. The first-order chi connectivity index (χ1) is 8.84. The molecule has 1 aromatic carbocycles. The van der Waals surface area contributed by atoms with E-state index in [9.17, 15) is 18.0 Å². The largest absolute Gasteiger partial charge is 0.497 e. The third kappa shape index (κ3) is 3.77. The van der Waals surface area contributed by atoms with Crippen molar-refractivity contribution in [1.82, 2.24) is 0 Å². The second-order valence-corrected chi connectivity index (χ2v) is 3.71. The fraction of sp³-hybridized carbons (Fsp3) is 0.417. The minimum Gasteiger partial charge on any atom is -0.497 e. The average Bonchev–Trinajstić information content (AvgIpc) is 2.37. The summed E-state index contributed by atoms with van der Waals surface area (Å²) < 4.78 is 49.9. The van der Waals surface area contributed by atoms with E-state index in [1.807, 2.05) is 0 Å². The molecule has 0 aliphatic heterocycles. The number of nitrogens with two attached hydrogens (primary N) is 1. The Kier molecular flexibility index (Phi) is 6.81. The highest BCUT2D eigenvalue weighted by atomic mass is 35.5. The van der Waals surface area contributed by atoms with Gasteiger partial charge in [-0.1, -0.05) is 6.07 Å². The lowest BCUT2D eigenvalue weighted by Gasteiger charge is -2.22. The molecular formula is C12H15ClF3NO3. The minimum absolute atomic E-state index is 0. The van der Waals surface area contributed by atoms with E-state index >= 15 is 0 Å². The van der Waals surface area contributed by atoms with Gasteiger partial charge in [0, 0.05) is 11.6 Å². The van der Waals surface area contributed by atoms with Crippen LogP contribution in [0.3, 0.4) is 0 Å². The van der Waals surface area contributed by atoms with Gasteiger partial charge in [-0.2, -0.15) is 8.78 Å². The second kappa shape index (κ2) is 7.35. The second-order valence-electron chi connectivity index (χ2n) is 3.71. The Morgan fingerprint density at radius 3 is 2.50 bits per heavy atom. The van der Waals surface area contributed by atoms with E-state index in [4.69, 9.17) is 10.5 Å². The summed E-state index contributed by atoms with van der Waals surface area (Å²) in [5.41, 5.74) is 4.78. The monoisotopic (exact) mass is 313 g/mol. The van der Waals surface area contributed by atoms with Gasteiger partial charge in [-0.3, -0.25) is 0 Å². The van der Waals surface area contributed by atoms with Crippen molar-refractivity contribution < 1.29 is 27.4 Å². The van der Waals surface area contributed by atoms with E-state index in [0.29, 0.717) is 0 Å². The smallest absolute Gasteiger partial charge is 0.379 e. The Labute approximate surface area is 120 Å². The zero-order valence-corrected chi connectivity index (χ0v) is 11.7. The Bertz CT molecular complexity index is 471. The molecule has 1 rings (SSSR count). The molecule has 1 atom stereocenters. The maximum absolute atomic E-state index is 13.6. The number of esters is 1. The van der Waals surface area contributed by atoms with Crippen molar-refractivity contribution in [3.63, 3.8) is 0 Å². The van der Waals surface area contributed by atoms with Crippen molar-refractivity contribution in [3.8, 4) is 5.75 Å². The molecule has 0 heterocycles. The van der Waals surface area contributed by atoms with Crippen LogP contribution < -0.4 is 10.5 Å².